The van der Waals surface area contributed by atoms with E-state index in [0.29, 0.717) is 0 Å². The molecule has 0 aliphatic carbocycles. The molecule has 146 valence electrons. The standard InChI is InChI=1S/C19H28N6O2/c1-23-10-6-20-19(23)18(27)14-4-8-24(9-5-14)16-11-17(22-13-21-16)25-7-2-3-15(25)12-26/h6,10-11,13-15,18,26-27H,2-5,7-9,12H2,1H3. The molecule has 2 aliphatic heterocycles. The first-order chi connectivity index (χ1) is 13.2. The van der Waals surface area contributed by atoms with Crippen LogP contribution in [0.4, 0.5) is 11.6 Å². The van der Waals surface area contributed by atoms with E-state index < -0.39 is 6.10 Å². The molecule has 2 saturated heterocycles. The number of anilines is 2. The number of aromatic nitrogens is 4. The Morgan fingerprint density at radius 3 is 2.59 bits per heavy atom. The van der Waals surface area contributed by atoms with E-state index in [1.165, 1.54) is 0 Å². The third-order valence-electron chi connectivity index (χ3n) is 5.95. The highest BCUT2D eigenvalue weighted by Gasteiger charge is 2.30. The normalized spacial score (nSPS) is 22.4. The Bertz CT molecular complexity index is 758. The van der Waals surface area contributed by atoms with Crippen LogP contribution in [0.3, 0.4) is 0 Å². The van der Waals surface area contributed by atoms with Crippen LogP contribution in [-0.4, -0.2) is 62.0 Å². The quantitative estimate of drug-likeness (QED) is 0.813. The summed E-state index contributed by atoms with van der Waals surface area (Å²) < 4.78 is 1.89. The number of aryl methyl sites for hydroxylation is 1. The van der Waals surface area contributed by atoms with Gasteiger partial charge >= 0.3 is 0 Å². The number of imidazole rings is 1. The molecule has 2 fully saturated rings. The predicted octanol–water partition coefficient (Wildman–Crippen LogP) is 1.12. The van der Waals surface area contributed by atoms with Crippen LogP contribution in [0.5, 0.6) is 0 Å². The van der Waals surface area contributed by atoms with Gasteiger partial charge in [-0.1, -0.05) is 0 Å². The second kappa shape index (κ2) is 7.82. The summed E-state index contributed by atoms with van der Waals surface area (Å²) in [4.78, 5) is 17.6. The molecule has 2 aliphatic rings. The van der Waals surface area contributed by atoms with E-state index >= 15 is 0 Å². The lowest BCUT2D eigenvalue weighted by molar-refractivity contribution is 0.0824. The van der Waals surface area contributed by atoms with E-state index in [0.717, 1.165) is 62.8 Å². The van der Waals surface area contributed by atoms with E-state index in [-0.39, 0.29) is 18.6 Å². The van der Waals surface area contributed by atoms with Gasteiger partial charge in [0, 0.05) is 45.1 Å². The van der Waals surface area contributed by atoms with Crippen molar-refractivity contribution in [3.05, 3.63) is 30.6 Å². The summed E-state index contributed by atoms with van der Waals surface area (Å²) >= 11 is 0. The molecule has 8 heteroatoms. The maximum absolute atomic E-state index is 10.7. The van der Waals surface area contributed by atoms with Crippen molar-refractivity contribution in [1.82, 2.24) is 19.5 Å². The molecule has 0 bridgehead atoms. The van der Waals surface area contributed by atoms with Gasteiger partial charge in [-0.3, -0.25) is 0 Å². The van der Waals surface area contributed by atoms with Gasteiger partial charge in [-0.2, -0.15) is 0 Å². The van der Waals surface area contributed by atoms with Gasteiger partial charge in [0.05, 0.1) is 12.6 Å². The summed E-state index contributed by atoms with van der Waals surface area (Å²) in [6.45, 7) is 2.80. The van der Waals surface area contributed by atoms with Gasteiger partial charge in [0.25, 0.3) is 0 Å². The lowest BCUT2D eigenvalue weighted by Crippen LogP contribution is -2.37. The van der Waals surface area contributed by atoms with Gasteiger partial charge < -0.3 is 24.6 Å². The van der Waals surface area contributed by atoms with Crippen LogP contribution in [0.1, 0.15) is 37.6 Å². The van der Waals surface area contributed by atoms with Crippen molar-refractivity contribution in [2.45, 2.75) is 37.8 Å². The first-order valence-corrected chi connectivity index (χ1v) is 9.77. The number of piperidine rings is 1. The van der Waals surface area contributed by atoms with Crippen LogP contribution in [0, 0.1) is 5.92 Å². The van der Waals surface area contributed by atoms with Crippen LogP contribution in [0.15, 0.2) is 24.8 Å². The largest absolute Gasteiger partial charge is 0.394 e. The first kappa shape index (κ1) is 18.2. The Balaban J connectivity index is 1.41. The lowest BCUT2D eigenvalue weighted by atomic mass is 9.90. The molecule has 2 atom stereocenters. The molecule has 2 aromatic rings. The summed E-state index contributed by atoms with van der Waals surface area (Å²) in [6, 6.07) is 2.19. The molecular weight excluding hydrogens is 344 g/mol. The molecular formula is C19H28N6O2. The van der Waals surface area contributed by atoms with E-state index in [1.807, 2.05) is 23.9 Å². The van der Waals surface area contributed by atoms with Crippen molar-refractivity contribution in [2.75, 3.05) is 36.0 Å². The Kier molecular flexibility index (Phi) is 5.27. The minimum Gasteiger partial charge on any atom is -0.394 e. The number of hydrogen-bond acceptors (Lipinski definition) is 7. The molecule has 2 unspecified atom stereocenters. The molecule has 8 nitrogen and oxygen atoms in total. The fourth-order valence-electron chi connectivity index (χ4n) is 4.31. The maximum Gasteiger partial charge on any atom is 0.137 e. The number of nitrogens with zero attached hydrogens (tertiary/aromatic N) is 6. The van der Waals surface area contributed by atoms with Crippen LogP contribution in [0.25, 0.3) is 0 Å². The molecule has 27 heavy (non-hydrogen) atoms. The fourth-order valence-corrected chi connectivity index (χ4v) is 4.31. The van der Waals surface area contributed by atoms with Gasteiger partial charge in [0.2, 0.25) is 0 Å². The summed E-state index contributed by atoms with van der Waals surface area (Å²) in [7, 11) is 1.92. The van der Waals surface area contributed by atoms with E-state index in [4.69, 9.17) is 0 Å². The zero-order valence-corrected chi connectivity index (χ0v) is 15.8. The molecule has 2 N–H and O–H groups in total. The van der Waals surface area contributed by atoms with Gasteiger partial charge in [0.15, 0.2) is 0 Å². The third kappa shape index (κ3) is 3.64. The SMILES string of the molecule is Cn1ccnc1C(O)C1CCN(c2cc(N3CCCC3CO)ncn2)CC1. The smallest absolute Gasteiger partial charge is 0.137 e. The molecule has 0 spiro atoms. The van der Waals surface area contributed by atoms with E-state index in [2.05, 4.69) is 24.8 Å². The molecule has 2 aromatic heterocycles. The van der Waals surface area contributed by atoms with Gasteiger partial charge in [-0.15, -0.1) is 0 Å². The van der Waals surface area contributed by atoms with Crippen molar-refractivity contribution in [3.8, 4) is 0 Å². The van der Waals surface area contributed by atoms with Gasteiger partial charge in [0.1, 0.15) is 29.9 Å². The third-order valence-corrected chi connectivity index (χ3v) is 5.95. The molecule has 0 saturated carbocycles. The second-order valence-electron chi connectivity index (χ2n) is 7.57. The second-order valence-corrected chi connectivity index (χ2v) is 7.57. The molecule has 4 heterocycles. The minimum atomic E-state index is -0.525. The number of rotatable bonds is 5. The first-order valence-electron chi connectivity index (χ1n) is 9.77. The van der Waals surface area contributed by atoms with Crippen molar-refractivity contribution in [3.63, 3.8) is 0 Å². The summed E-state index contributed by atoms with van der Waals surface area (Å²) in [5, 5.41) is 20.2. The average molecular weight is 372 g/mol. The zero-order chi connectivity index (χ0) is 18.8. The monoisotopic (exact) mass is 372 g/mol. The summed E-state index contributed by atoms with van der Waals surface area (Å²) in [5.41, 5.74) is 0. The topological polar surface area (TPSA) is 90.5 Å². The highest BCUT2D eigenvalue weighted by molar-refractivity contribution is 5.51. The lowest BCUT2D eigenvalue weighted by Gasteiger charge is -2.35. The number of hydrogen-bond donors (Lipinski definition) is 2. The fraction of sp³-hybridized carbons (Fsp3) is 0.632. The van der Waals surface area contributed by atoms with Crippen LogP contribution in [0.2, 0.25) is 0 Å². The summed E-state index contributed by atoms with van der Waals surface area (Å²) in [6.07, 6.45) is 8.58. The highest BCUT2D eigenvalue weighted by Crippen LogP contribution is 2.32. The van der Waals surface area contributed by atoms with Crippen molar-refractivity contribution < 1.29 is 10.2 Å². The Morgan fingerprint density at radius 2 is 1.89 bits per heavy atom. The van der Waals surface area contributed by atoms with Crippen LogP contribution < -0.4 is 9.80 Å². The highest BCUT2D eigenvalue weighted by atomic mass is 16.3. The van der Waals surface area contributed by atoms with Crippen LogP contribution in [-0.2, 0) is 7.05 Å². The van der Waals surface area contributed by atoms with Crippen molar-refractivity contribution in [2.24, 2.45) is 13.0 Å². The van der Waals surface area contributed by atoms with Crippen molar-refractivity contribution >= 4 is 11.6 Å². The van der Waals surface area contributed by atoms with Gasteiger partial charge in [-0.05, 0) is 31.6 Å². The van der Waals surface area contributed by atoms with Crippen LogP contribution >= 0.6 is 0 Å². The average Bonchev–Trinajstić information content (AvgIpc) is 3.36. The molecule has 0 aromatic carbocycles. The Hall–Kier alpha value is -2.19. The maximum atomic E-state index is 10.7. The molecule has 4 rings (SSSR count). The zero-order valence-electron chi connectivity index (χ0n) is 15.8. The van der Waals surface area contributed by atoms with Gasteiger partial charge in [-0.25, -0.2) is 15.0 Å². The molecule has 0 radical (unpaired) electrons. The summed E-state index contributed by atoms with van der Waals surface area (Å²) in [5.74, 6) is 2.77. The predicted molar refractivity (Wildman–Crippen MR) is 103 cm³/mol. The minimum absolute atomic E-state index is 0.159. The number of aliphatic hydroxyl groups is 2. The van der Waals surface area contributed by atoms with E-state index in [1.54, 1.807) is 12.5 Å². The van der Waals surface area contributed by atoms with Crippen molar-refractivity contribution in [1.29, 1.82) is 0 Å². The van der Waals surface area contributed by atoms with E-state index in [9.17, 15) is 10.2 Å². The Labute approximate surface area is 159 Å². The number of aliphatic hydroxyl groups excluding tert-OH is 2. The molecule has 0 amide bonds. The Morgan fingerprint density at radius 1 is 1.11 bits per heavy atom.